The van der Waals surface area contributed by atoms with E-state index in [4.69, 9.17) is 13.6 Å². The summed E-state index contributed by atoms with van der Waals surface area (Å²) >= 11 is 0. The Balaban J connectivity index is 1.51. The largest absolute Gasteiger partial charge is 0.467 e. The highest BCUT2D eigenvalue weighted by Gasteiger charge is 2.30. The number of furan rings is 2. The Morgan fingerprint density at radius 1 is 1.06 bits per heavy atom. The molecule has 0 aliphatic carbocycles. The number of anilines is 1. The normalized spacial score (nSPS) is 15.5. The molecule has 34 heavy (non-hydrogen) atoms. The van der Waals surface area contributed by atoms with Gasteiger partial charge in [0.2, 0.25) is 5.76 Å². The van der Waals surface area contributed by atoms with Gasteiger partial charge in [-0.25, -0.2) is 4.39 Å². The molecule has 7 nitrogen and oxygen atoms in total. The average molecular weight is 462 g/mol. The number of hydrogen-bond acceptors (Lipinski definition) is 5. The van der Waals surface area contributed by atoms with Crippen LogP contribution in [0.1, 0.15) is 39.5 Å². The molecule has 2 aromatic carbocycles. The van der Waals surface area contributed by atoms with Crippen molar-refractivity contribution in [3.05, 3.63) is 89.8 Å². The van der Waals surface area contributed by atoms with E-state index in [0.29, 0.717) is 29.9 Å². The molecule has 0 bridgehead atoms. The summed E-state index contributed by atoms with van der Waals surface area (Å²) in [7, 11) is 0. The maximum Gasteiger partial charge on any atom is 0.292 e. The summed E-state index contributed by atoms with van der Waals surface area (Å²) in [6, 6.07) is 16.2. The number of ether oxygens (including phenoxy) is 1. The van der Waals surface area contributed by atoms with E-state index in [-0.39, 0.29) is 29.7 Å². The second kappa shape index (κ2) is 9.52. The van der Waals surface area contributed by atoms with Crippen molar-refractivity contribution in [2.45, 2.75) is 25.5 Å². The fourth-order valence-corrected chi connectivity index (χ4v) is 4.13. The zero-order chi connectivity index (χ0) is 23.5. The monoisotopic (exact) mass is 462 g/mol. The van der Waals surface area contributed by atoms with E-state index in [2.05, 4.69) is 5.32 Å². The van der Waals surface area contributed by atoms with Crippen LogP contribution in [0.4, 0.5) is 10.1 Å². The lowest BCUT2D eigenvalue weighted by Crippen LogP contribution is -2.37. The van der Waals surface area contributed by atoms with Crippen LogP contribution in [0.15, 0.2) is 75.8 Å². The number of benzene rings is 2. The second-order valence-corrected chi connectivity index (χ2v) is 8.14. The van der Waals surface area contributed by atoms with Gasteiger partial charge in [-0.3, -0.25) is 9.59 Å². The molecule has 2 aromatic heterocycles. The third kappa shape index (κ3) is 4.45. The second-order valence-electron chi connectivity index (χ2n) is 8.14. The molecule has 4 aromatic rings. The van der Waals surface area contributed by atoms with Crippen molar-refractivity contribution in [3.63, 3.8) is 0 Å². The van der Waals surface area contributed by atoms with Gasteiger partial charge < -0.3 is 23.8 Å². The molecule has 0 saturated carbocycles. The summed E-state index contributed by atoms with van der Waals surface area (Å²) in [5.41, 5.74) is 0.508. The Hall–Kier alpha value is -3.91. The first-order valence-electron chi connectivity index (χ1n) is 11.1. The van der Waals surface area contributed by atoms with Gasteiger partial charge >= 0.3 is 0 Å². The zero-order valence-electron chi connectivity index (χ0n) is 18.3. The van der Waals surface area contributed by atoms with Gasteiger partial charge in [-0.2, -0.15) is 0 Å². The van der Waals surface area contributed by atoms with Crippen molar-refractivity contribution in [3.8, 4) is 0 Å². The summed E-state index contributed by atoms with van der Waals surface area (Å²) in [6.07, 6.45) is 3.23. The number of amides is 2. The summed E-state index contributed by atoms with van der Waals surface area (Å²) in [5.74, 6) is -1.17. The lowest BCUT2D eigenvalue weighted by Gasteiger charge is -2.24. The van der Waals surface area contributed by atoms with Gasteiger partial charge in [0.15, 0.2) is 0 Å². The van der Waals surface area contributed by atoms with Crippen molar-refractivity contribution in [2.75, 3.05) is 18.5 Å². The Kier molecular flexibility index (Phi) is 6.14. The molecule has 3 heterocycles. The molecule has 1 saturated heterocycles. The van der Waals surface area contributed by atoms with Crippen LogP contribution in [0.3, 0.4) is 0 Å². The Morgan fingerprint density at radius 2 is 1.88 bits per heavy atom. The molecular weight excluding hydrogens is 439 g/mol. The van der Waals surface area contributed by atoms with Gasteiger partial charge in [0.1, 0.15) is 22.8 Å². The molecule has 0 radical (unpaired) electrons. The van der Waals surface area contributed by atoms with Gasteiger partial charge in [-0.1, -0.05) is 24.3 Å². The maximum absolute atomic E-state index is 14.2. The highest BCUT2D eigenvalue weighted by Crippen LogP contribution is 2.33. The number of nitrogens with zero attached hydrogens (tertiary/aromatic N) is 1. The van der Waals surface area contributed by atoms with Crippen LogP contribution < -0.4 is 5.32 Å². The zero-order valence-corrected chi connectivity index (χ0v) is 18.3. The molecule has 1 atom stereocenters. The maximum atomic E-state index is 14.2. The van der Waals surface area contributed by atoms with E-state index < -0.39 is 17.6 Å². The van der Waals surface area contributed by atoms with Crippen LogP contribution in [0.2, 0.25) is 0 Å². The van der Waals surface area contributed by atoms with Crippen molar-refractivity contribution in [2.24, 2.45) is 0 Å². The van der Waals surface area contributed by atoms with E-state index in [1.54, 1.807) is 53.6 Å². The van der Waals surface area contributed by atoms with Gasteiger partial charge in [0.05, 0.1) is 24.5 Å². The van der Waals surface area contributed by atoms with E-state index in [0.717, 1.165) is 12.8 Å². The topological polar surface area (TPSA) is 84.9 Å². The Bertz CT molecular complexity index is 1310. The predicted molar refractivity (Wildman–Crippen MR) is 123 cm³/mol. The lowest BCUT2D eigenvalue weighted by atomic mass is 10.1. The average Bonchev–Trinajstić information content (AvgIpc) is 3.61. The summed E-state index contributed by atoms with van der Waals surface area (Å²) < 4.78 is 31.4. The highest BCUT2D eigenvalue weighted by atomic mass is 19.1. The number of halogens is 1. The van der Waals surface area contributed by atoms with Crippen LogP contribution in [-0.4, -0.2) is 36.0 Å². The number of hydrogen-bond donors (Lipinski definition) is 1. The Labute approximate surface area is 195 Å². The van der Waals surface area contributed by atoms with E-state index >= 15 is 0 Å². The van der Waals surface area contributed by atoms with Gasteiger partial charge in [0.25, 0.3) is 11.8 Å². The molecule has 1 aliphatic heterocycles. The summed E-state index contributed by atoms with van der Waals surface area (Å²) in [6.45, 7) is 1.21. The number of nitrogens with one attached hydrogen (secondary N) is 1. The van der Waals surface area contributed by atoms with Crippen molar-refractivity contribution in [1.82, 2.24) is 4.90 Å². The summed E-state index contributed by atoms with van der Waals surface area (Å²) in [4.78, 5) is 28.2. The minimum atomic E-state index is -0.671. The smallest absolute Gasteiger partial charge is 0.292 e. The lowest BCUT2D eigenvalue weighted by molar-refractivity contribution is 0.0471. The van der Waals surface area contributed by atoms with Crippen LogP contribution in [0.25, 0.3) is 11.0 Å². The fourth-order valence-electron chi connectivity index (χ4n) is 4.13. The van der Waals surface area contributed by atoms with Crippen LogP contribution in [0, 0.1) is 5.82 Å². The molecule has 0 spiro atoms. The third-order valence-corrected chi connectivity index (χ3v) is 5.81. The van der Waals surface area contributed by atoms with Gasteiger partial charge in [-0.05, 0) is 49.2 Å². The molecule has 174 valence electrons. The highest BCUT2D eigenvalue weighted by molar-refractivity contribution is 6.14. The minimum absolute atomic E-state index is 0.0320. The minimum Gasteiger partial charge on any atom is -0.467 e. The number of carbonyl (C=O) groups is 2. The van der Waals surface area contributed by atoms with Crippen molar-refractivity contribution in [1.29, 1.82) is 0 Å². The molecule has 8 heteroatoms. The van der Waals surface area contributed by atoms with E-state index in [1.165, 1.54) is 18.2 Å². The first-order chi connectivity index (χ1) is 16.6. The SMILES string of the molecule is O=C(Nc1c(C(=O)N(Cc2ccco2)CC2CCCO2)oc2ccccc12)c1ccccc1F. The van der Waals surface area contributed by atoms with Crippen molar-refractivity contribution >= 4 is 28.5 Å². The van der Waals surface area contributed by atoms with Crippen LogP contribution >= 0.6 is 0 Å². The Morgan fingerprint density at radius 3 is 2.65 bits per heavy atom. The van der Waals surface area contributed by atoms with Gasteiger partial charge in [-0.15, -0.1) is 0 Å². The number of fused-ring (bicyclic) bond motifs is 1. The number of rotatable bonds is 7. The molecule has 5 rings (SSSR count). The standard InChI is InChI=1S/C26H23FN2O5/c27-21-11-3-1-9-19(21)25(30)28-23-20-10-2-4-12-22(20)34-24(23)26(31)29(15-17-7-5-13-32-17)16-18-8-6-14-33-18/h1-5,7,9-13,18H,6,8,14-16H2,(H,28,30). The quantitative estimate of drug-likeness (QED) is 0.406. The predicted octanol–water partition coefficient (Wildman–Crippen LogP) is 5.24. The van der Waals surface area contributed by atoms with Gasteiger partial charge in [0, 0.05) is 18.5 Å². The molecule has 1 unspecified atom stereocenters. The van der Waals surface area contributed by atoms with E-state index in [9.17, 15) is 14.0 Å². The molecule has 1 N–H and O–H groups in total. The first kappa shape index (κ1) is 21.9. The van der Waals surface area contributed by atoms with Crippen LogP contribution in [-0.2, 0) is 11.3 Å². The molecule has 2 amide bonds. The van der Waals surface area contributed by atoms with E-state index in [1.807, 2.05) is 0 Å². The summed E-state index contributed by atoms with van der Waals surface area (Å²) in [5, 5.41) is 3.25. The molecular formula is C26H23FN2O5. The first-order valence-corrected chi connectivity index (χ1v) is 11.1. The third-order valence-electron chi connectivity index (χ3n) is 5.81. The fraction of sp³-hybridized carbons (Fsp3) is 0.231. The number of para-hydroxylation sites is 1. The molecule has 1 aliphatic rings. The molecule has 1 fully saturated rings. The van der Waals surface area contributed by atoms with Crippen molar-refractivity contribution < 1.29 is 27.6 Å². The van der Waals surface area contributed by atoms with Crippen LogP contribution in [0.5, 0.6) is 0 Å². The number of carbonyl (C=O) groups excluding carboxylic acids is 2.